The predicted molar refractivity (Wildman–Crippen MR) is 104 cm³/mol. The highest BCUT2D eigenvalue weighted by Gasteiger charge is 2.16. The first kappa shape index (κ1) is 16.8. The molecule has 1 aliphatic heterocycles. The van der Waals surface area contributed by atoms with Gasteiger partial charge in [-0.25, -0.2) is 9.97 Å². The lowest BCUT2D eigenvalue weighted by Gasteiger charge is -2.30. The van der Waals surface area contributed by atoms with Gasteiger partial charge in [0.05, 0.1) is 26.0 Å². The molecule has 0 amide bonds. The molecule has 1 saturated heterocycles. The highest BCUT2D eigenvalue weighted by Crippen LogP contribution is 2.35. The Labute approximate surface area is 153 Å². The number of hydrogen-bond donors (Lipinski definition) is 0. The Bertz CT molecular complexity index is 920. The molecule has 3 aromatic rings. The van der Waals surface area contributed by atoms with Crippen LogP contribution < -0.4 is 9.64 Å². The minimum absolute atomic E-state index is 0.753. The SMILES string of the molecule is CCc1nccc(-c2cc(N3CCOCC3)c3cc(OC)ccc3c2)n1. The third-order valence-corrected chi connectivity index (χ3v) is 4.81. The number of aromatic nitrogens is 2. The molecule has 5 nitrogen and oxygen atoms in total. The van der Waals surface area contributed by atoms with Crippen molar-refractivity contribution in [3.05, 3.63) is 48.4 Å². The van der Waals surface area contributed by atoms with E-state index >= 15 is 0 Å². The van der Waals surface area contributed by atoms with E-state index in [4.69, 9.17) is 14.5 Å². The largest absolute Gasteiger partial charge is 0.497 e. The minimum Gasteiger partial charge on any atom is -0.497 e. The van der Waals surface area contributed by atoms with Gasteiger partial charge < -0.3 is 14.4 Å². The molecule has 0 saturated carbocycles. The summed E-state index contributed by atoms with van der Waals surface area (Å²) in [5.41, 5.74) is 3.28. The summed E-state index contributed by atoms with van der Waals surface area (Å²) in [7, 11) is 1.71. The minimum atomic E-state index is 0.753. The molecule has 134 valence electrons. The quantitative estimate of drug-likeness (QED) is 0.719. The first-order valence-electron chi connectivity index (χ1n) is 9.05. The smallest absolute Gasteiger partial charge is 0.128 e. The Balaban J connectivity index is 1.89. The Kier molecular flexibility index (Phi) is 4.71. The van der Waals surface area contributed by atoms with Crippen LogP contribution in [0.25, 0.3) is 22.0 Å². The number of fused-ring (bicyclic) bond motifs is 1. The van der Waals surface area contributed by atoms with Crippen molar-refractivity contribution in [1.82, 2.24) is 9.97 Å². The lowest BCUT2D eigenvalue weighted by atomic mass is 10.0. The number of nitrogens with zero attached hydrogens (tertiary/aromatic N) is 3. The Morgan fingerprint density at radius 1 is 1.12 bits per heavy atom. The molecule has 4 rings (SSSR count). The summed E-state index contributed by atoms with van der Waals surface area (Å²) < 4.78 is 11.0. The molecule has 0 bridgehead atoms. The lowest BCUT2D eigenvalue weighted by molar-refractivity contribution is 0.123. The van der Waals surface area contributed by atoms with Crippen molar-refractivity contribution in [2.75, 3.05) is 38.3 Å². The summed E-state index contributed by atoms with van der Waals surface area (Å²) >= 11 is 0. The van der Waals surface area contributed by atoms with Gasteiger partial charge in [-0.3, -0.25) is 0 Å². The van der Waals surface area contributed by atoms with Crippen molar-refractivity contribution >= 4 is 16.5 Å². The second-order valence-electron chi connectivity index (χ2n) is 6.39. The second-order valence-corrected chi connectivity index (χ2v) is 6.39. The van der Waals surface area contributed by atoms with E-state index < -0.39 is 0 Å². The second kappa shape index (κ2) is 7.30. The average Bonchev–Trinajstić information content (AvgIpc) is 2.73. The van der Waals surface area contributed by atoms with Crippen LogP contribution in [0.2, 0.25) is 0 Å². The topological polar surface area (TPSA) is 47.5 Å². The van der Waals surface area contributed by atoms with E-state index in [0.29, 0.717) is 0 Å². The lowest BCUT2D eigenvalue weighted by Crippen LogP contribution is -2.36. The van der Waals surface area contributed by atoms with Gasteiger partial charge >= 0.3 is 0 Å². The maximum Gasteiger partial charge on any atom is 0.128 e. The summed E-state index contributed by atoms with van der Waals surface area (Å²) in [5, 5.41) is 2.38. The van der Waals surface area contributed by atoms with Crippen LogP contribution in [0.3, 0.4) is 0 Å². The molecule has 0 radical (unpaired) electrons. The van der Waals surface area contributed by atoms with Crippen LogP contribution >= 0.6 is 0 Å². The van der Waals surface area contributed by atoms with Gasteiger partial charge in [0.1, 0.15) is 11.6 Å². The Morgan fingerprint density at radius 2 is 1.96 bits per heavy atom. The van der Waals surface area contributed by atoms with Crippen molar-refractivity contribution in [2.24, 2.45) is 0 Å². The van der Waals surface area contributed by atoms with Gasteiger partial charge in [-0.05, 0) is 35.7 Å². The molecule has 0 spiro atoms. The highest BCUT2D eigenvalue weighted by atomic mass is 16.5. The number of morpholine rings is 1. The van der Waals surface area contributed by atoms with E-state index in [9.17, 15) is 0 Å². The number of methoxy groups -OCH3 is 1. The van der Waals surface area contributed by atoms with Crippen molar-refractivity contribution in [3.63, 3.8) is 0 Å². The number of rotatable bonds is 4. The molecule has 0 unspecified atom stereocenters. The van der Waals surface area contributed by atoms with Gasteiger partial charge in [-0.1, -0.05) is 13.0 Å². The molecule has 5 heteroatoms. The van der Waals surface area contributed by atoms with Gasteiger partial charge in [-0.15, -0.1) is 0 Å². The molecule has 0 aliphatic carbocycles. The maximum atomic E-state index is 5.54. The molecular weight excluding hydrogens is 326 g/mol. The van der Waals surface area contributed by atoms with Gasteiger partial charge in [0.25, 0.3) is 0 Å². The van der Waals surface area contributed by atoms with Gasteiger partial charge in [0, 0.05) is 42.3 Å². The van der Waals surface area contributed by atoms with Crippen LogP contribution in [0.15, 0.2) is 42.6 Å². The number of benzene rings is 2. The normalized spacial score (nSPS) is 14.6. The summed E-state index contributed by atoms with van der Waals surface area (Å²) in [6, 6.07) is 12.6. The molecular formula is C21H23N3O2. The van der Waals surface area contributed by atoms with Crippen molar-refractivity contribution < 1.29 is 9.47 Å². The van der Waals surface area contributed by atoms with E-state index in [1.807, 2.05) is 18.3 Å². The fourth-order valence-corrected chi connectivity index (χ4v) is 3.39. The Morgan fingerprint density at radius 3 is 2.73 bits per heavy atom. The van der Waals surface area contributed by atoms with Crippen molar-refractivity contribution in [2.45, 2.75) is 13.3 Å². The Hall–Kier alpha value is -2.66. The van der Waals surface area contributed by atoms with Gasteiger partial charge in [0.15, 0.2) is 0 Å². The summed E-state index contributed by atoms with van der Waals surface area (Å²) in [6.45, 7) is 5.36. The molecule has 1 aromatic heterocycles. The highest BCUT2D eigenvalue weighted by molar-refractivity contribution is 5.98. The van der Waals surface area contributed by atoms with E-state index in [0.717, 1.165) is 55.6 Å². The molecule has 2 aromatic carbocycles. The fraction of sp³-hybridized carbons (Fsp3) is 0.333. The molecule has 2 heterocycles. The zero-order chi connectivity index (χ0) is 17.9. The van der Waals surface area contributed by atoms with Crippen LogP contribution in [0.1, 0.15) is 12.7 Å². The fourth-order valence-electron chi connectivity index (χ4n) is 3.39. The maximum absolute atomic E-state index is 5.54. The number of ether oxygens (including phenoxy) is 2. The van der Waals surface area contributed by atoms with E-state index in [-0.39, 0.29) is 0 Å². The third-order valence-electron chi connectivity index (χ3n) is 4.81. The molecule has 0 N–H and O–H groups in total. The van der Waals surface area contributed by atoms with Crippen LogP contribution in [0.5, 0.6) is 5.75 Å². The number of hydrogen-bond acceptors (Lipinski definition) is 5. The van der Waals surface area contributed by atoms with Crippen LogP contribution in [0, 0.1) is 0 Å². The average molecular weight is 349 g/mol. The van der Waals surface area contributed by atoms with E-state index in [1.165, 1.54) is 16.5 Å². The van der Waals surface area contributed by atoms with Crippen molar-refractivity contribution in [3.8, 4) is 17.0 Å². The van der Waals surface area contributed by atoms with E-state index in [2.05, 4.69) is 41.1 Å². The third kappa shape index (κ3) is 3.22. The molecule has 26 heavy (non-hydrogen) atoms. The van der Waals surface area contributed by atoms with Gasteiger partial charge in [0.2, 0.25) is 0 Å². The summed E-state index contributed by atoms with van der Waals surface area (Å²) in [4.78, 5) is 11.4. The van der Waals surface area contributed by atoms with Crippen molar-refractivity contribution in [1.29, 1.82) is 0 Å². The number of aryl methyl sites for hydroxylation is 1. The van der Waals surface area contributed by atoms with E-state index in [1.54, 1.807) is 7.11 Å². The van der Waals surface area contributed by atoms with Crippen LogP contribution in [-0.2, 0) is 11.2 Å². The van der Waals surface area contributed by atoms with Gasteiger partial charge in [-0.2, -0.15) is 0 Å². The first-order valence-corrected chi connectivity index (χ1v) is 9.05. The molecule has 1 fully saturated rings. The van der Waals surface area contributed by atoms with Crippen LogP contribution in [-0.4, -0.2) is 43.4 Å². The standard InChI is InChI=1S/C21H23N3O2/c1-3-21-22-7-6-19(23-21)16-12-15-4-5-17(25-2)14-18(15)20(13-16)24-8-10-26-11-9-24/h4-7,12-14H,3,8-11H2,1-2H3. The molecule has 0 atom stereocenters. The summed E-state index contributed by atoms with van der Waals surface area (Å²) in [6.07, 6.45) is 2.67. The van der Waals surface area contributed by atoms with Crippen LogP contribution in [0.4, 0.5) is 5.69 Å². The monoisotopic (exact) mass is 349 g/mol. The summed E-state index contributed by atoms with van der Waals surface area (Å²) in [5.74, 6) is 1.74. The molecule has 1 aliphatic rings. The predicted octanol–water partition coefficient (Wildman–Crippen LogP) is 3.70. The zero-order valence-electron chi connectivity index (χ0n) is 15.2. The first-order chi connectivity index (χ1) is 12.8. The zero-order valence-corrected chi connectivity index (χ0v) is 15.2. The number of anilines is 1.